The zero-order chi connectivity index (χ0) is 18.1. The van der Waals surface area contributed by atoms with Gasteiger partial charge in [-0.25, -0.2) is 0 Å². The molecule has 0 saturated carbocycles. The number of ether oxygens (including phenoxy) is 1. The van der Waals surface area contributed by atoms with Gasteiger partial charge in [-0.1, -0.05) is 61.0 Å². The number of aryl methyl sites for hydroxylation is 1. The van der Waals surface area contributed by atoms with Crippen LogP contribution in [0.3, 0.4) is 0 Å². The number of benzene rings is 2. The molecule has 0 fully saturated rings. The summed E-state index contributed by atoms with van der Waals surface area (Å²) in [5, 5.41) is 13.0. The molecule has 26 heavy (non-hydrogen) atoms. The molecule has 2 aromatic carbocycles. The van der Waals surface area contributed by atoms with E-state index in [2.05, 4.69) is 43.3 Å². The monoisotopic (exact) mass is 362 g/mol. The maximum atomic E-state index is 10.9. The molecule has 132 valence electrons. The van der Waals surface area contributed by atoms with Crippen LogP contribution in [0.25, 0.3) is 5.76 Å². The third-order valence-corrected chi connectivity index (χ3v) is 5.79. The zero-order valence-corrected chi connectivity index (χ0v) is 15.8. The highest BCUT2D eigenvalue weighted by atomic mass is 32.1. The first-order valence-electron chi connectivity index (χ1n) is 8.98. The van der Waals surface area contributed by atoms with Gasteiger partial charge in [-0.3, -0.25) is 0 Å². The number of hydrogen-bond acceptors (Lipinski definition) is 3. The van der Waals surface area contributed by atoms with Gasteiger partial charge >= 0.3 is 0 Å². The van der Waals surface area contributed by atoms with Gasteiger partial charge in [0.25, 0.3) is 0 Å². The van der Waals surface area contributed by atoms with Gasteiger partial charge in [-0.15, -0.1) is 11.3 Å². The van der Waals surface area contributed by atoms with Crippen molar-refractivity contribution >= 4 is 17.1 Å². The lowest BCUT2D eigenvalue weighted by Crippen LogP contribution is -2.24. The van der Waals surface area contributed by atoms with Gasteiger partial charge in [0.15, 0.2) is 0 Å². The Morgan fingerprint density at radius 3 is 2.50 bits per heavy atom. The molecule has 0 unspecified atom stereocenters. The highest BCUT2D eigenvalue weighted by Crippen LogP contribution is 2.47. The summed E-state index contributed by atoms with van der Waals surface area (Å²) < 4.78 is 6.32. The molecule has 3 heteroatoms. The number of aliphatic hydroxyl groups excluding tert-OH is 1. The van der Waals surface area contributed by atoms with Crippen LogP contribution >= 0.6 is 11.3 Å². The summed E-state index contributed by atoms with van der Waals surface area (Å²) in [7, 11) is 0. The van der Waals surface area contributed by atoms with Crippen molar-refractivity contribution in [2.45, 2.75) is 32.3 Å². The number of para-hydroxylation sites is 1. The molecule has 3 aromatic rings. The van der Waals surface area contributed by atoms with Gasteiger partial charge in [0, 0.05) is 17.1 Å². The smallest absolute Gasteiger partial charge is 0.147 e. The Hall–Kier alpha value is -2.36. The normalized spacial score (nSPS) is 17.6. The van der Waals surface area contributed by atoms with Gasteiger partial charge in [0.1, 0.15) is 11.5 Å². The van der Waals surface area contributed by atoms with Gasteiger partial charge < -0.3 is 9.84 Å². The van der Waals surface area contributed by atoms with Gasteiger partial charge in [0.05, 0.1) is 11.0 Å². The molecule has 0 aliphatic carbocycles. The first-order valence-corrected chi connectivity index (χ1v) is 9.86. The van der Waals surface area contributed by atoms with Crippen molar-refractivity contribution in [3.05, 3.63) is 93.2 Å². The van der Waals surface area contributed by atoms with E-state index in [0.717, 1.165) is 27.5 Å². The van der Waals surface area contributed by atoms with Gasteiger partial charge in [0.2, 0.25) is 0 Å². The van der Waals surface area contributed by atoms with Crippen LogP contribution in [0.4, 0.5) is 0 Å². The van der Waals surface area contributed by atoms with Crippen molar-refractivity contribution in [3.8, 4) is 5.75 Å². The third kappa shape index (κ3) is 2.98. The van der Waals surface area contributed by atoms with Gasteiger partial charge in [-0.2, -0.15) is 0 Å². The highest BCUT2D eigenvalue weighted by molar-refractivity contribution is 7.11. The van der Waals surface area contributed by atoms with Crippen LogP contribution < -0.4 is 4.74 Å². The minimum atomic E-state index is -0.549. The molecule has 1 aliphatic rings. The molecule has 0 radical (unpaired) electrons. The summed E-state index contributed by atoms with van der Waals surface area (Å²) in [5.41, 5.74) is 4.48. The molecule has 1 aliphatic heterocycles. The molecule has 0 saturated heterocycles. The Bertz CT molecular complexity index is 923. The van der Waals surface area contributed by atoms with E-state index in [1.807, 2.05) is 36.6 Å². The minimum Gasteiger partial charge on any atom is -0.455 e. The fourth-order valence-corrected chi connectivity index (χ4v) is 4.29. The van der Waals surface area contributed by atoms with Crippen LogP contribution in [0.15, 0.2) is 71.6 Å². The first kappa shape index (κ1) is 17.1. The van der Waals surface area contributed by atoms with E-state index in [0.29, 0.717) is 6.42 Å². The van der Waals surface area contributed by atoms with Crippen LogP contribution in [-0.4, -0.2) is 11.2 Å². The molecule has 1 N–H and O–H groups in total. The molecule has 4 rings (SSSR count). The molecule has 0 spiro atoms. The summed E-state index contributed by atoms with van der Waals surface area (Å²) in [6.07, 6.45) is 0.102. The topological polar surface area (TPSA) is 29.5 Å². The van der Waals surface area contributed by atoms with Crippen LogP contribution in [-0.2, 0) is 0 Å². The summed E-state index contributed by atoms with van der Waals surface area (Å²) >= 11 is 1.64. The second kappa shape index (κ2) is 7.10. The fraction of sp³-hybridized carbons (Fsp3) is 0.217. The molecule has 0 bridgehead atoms. The van der Waals surface area contributed by atoms with Crippen LogP contribution in [0.2, 0.25) is 0 Å². The predicted molar refractivity (Wildman–Crippen MR) is 108 cm³/mol. The lowest BCUT2D eigenvalue weighted by atomic mass is 9.79. The van der Waals surface area contributed by atoms with E-state index in [1.165, 1.54) is 11.1 Å². The van der Waals surface area contributed by atoms with Gasteiger partial charge in [-0.05, 0) is 36.4 Å². The Balaban J connectivity index is 1.97. The SMILES string of the molecule is CC[C@H](O)C1=C(c2cccs2)Oc2ccccc2[C@H]1c1ccc(C)cc1. The number of hydrogen-bond donors (Lipinski definition) is 1. The third-order valence-electron chi connectivity index (χ3n) is 4.92. The first-order chi connectivity index (χ1) is 12.7. The predicted octanol–water partition coefficient (Wildman–Crippen LogP) is 5.76. The van der Waals surface area contributed by atoms with Crippen molar-refractivity contribution in [1.29, 1.82) is 0 Å². The average Bonchev–Trinajstić information content (AvgIpc) is 3.21. The van der Waals surface area contributed by atoms with Crippen LogP contribution in [0.1, 0.15) is 40.8 Å². The number of rotatable bonds is 4. The Kier molecular flexibility index (Phi) is 4.66. The second-order valence-electron chi connectivity index (χ2n) is 6.67. The summed E-state index contributed by atoms with van der Waals surface area (Å²) in [6.45, 7) is 4.10. The quantitative estimate of drug-likeness (QED) is 0.639. The summed E-state index contributed by atoms with van der Waals surface area (Å²) in [5.74, 6) is 1.67. The van der Waals surface area contributed by atoms with E-state index < -0.39 is 6.10 Å². The maximum Gasteiger partial charge on any atom is 0.147 e. The Morgan fingerprint density at radius 2 is 1.81 bits per heavy atom. The Labute approximate surface area is 158 Å². The summed E-state index contributed by atoms with van der Waals surface area (Å²) in [6, 6.07) is 20.8. The van der Waals surface area contributed by atoms with Crippen molar-refractivity contribution in [3.63, 3.8) is 0 Å². The van der Waals surface area contributed by atoms with E-state index in [1.54, 1.807) is 11.3 Å². The molecular formula is C23H22O2S. The maximum absolute atomic E-state index is 10.9. The molecule has 2 atom stereocenters. The lowest BCUT2D eigenvalue weighted by Gasteiger charge is -2.33. The highest BCUT2D eigenvalue weighted by Gasteiger charge is 2.34. The molecule has 2 nitrogen and oxygen atoms in total. The van der Waals surface area contributed by atoms with Crippen molar-refractivity contribution < 1.29 is 9.84 Å². The Morgan fingerprint density at radius 1 is 1.04 bits per heavy atom. The molecular weight excluding hydrogens is 340 g/mol. The van der Waals surface area contributed by atoms with Crippen molar-refractivity contribution in [1.82, 2.24) is 0 Å². The number of aliphatic hydroxyl groups is 1. The van der Waals surface area contributed by atoms with Crippen molar-refractivity contribution in [2.75, 3.05) is 0 Å². The van der Waals surface area contributed by atoms with E-state index in [9.17, 15) is 5.11 Å². The minimum absolute atomic E-state index is 0.00685. The van der Waals surface area contributed by atoms with E-state index >= 15 is 0 Å². The van der Waals surface area contributed by atoms with Crippen LogP contribution in [0, 0.1) is 6.92 Å². The number of thiophene rings is 1. The standard InChI is InChI=1S/C23H22O2S/c1-3-18(24)22-21(16-12-10-15(2)11-13-16)17-7-4-5-8-19(17)25-23(22)20-9-6-14-26-20/h4-14,18,21,24H,3H2,1-2H3/t18-,21+/m0/s1. The van der Waals surface area contributed by atoms with Crippen molar-refractivity contribution in [2.24, 2.45) is 0 Å². The second-order valence-corrected chi connectivity index (χ2v) is 7.62. The lowest BCUT2D eigenvalue weighted by molar-refractivity contribution is 0.197. The summed E-state index contributed by atoms with van der Waals surface area (Å²) in [4.78, 5) is 1.05. The van der Waals surface area contributed by atoms with Crippen LogP contribution in [0.5, 0.6) is 5.75 Å². The fourth-order valence-electron chi connectivity index (χ4n) is 3.56. The zero-order valence-electron chi connectivity index (χ0n) is 15.0. The van der Waals surface area contributed by atoms with E-state index in [4.69, 9.17) is 4.74 Å². The average molecular weight is 362 g/mol. The molecule has 2 heterocycles. The number of fused-ring (bicyclic) bond motifs is 1. The molecule has 0 amide bonds. The van der Waals surface area contributed by atoms with E-state index in [-0.39, 0.29) is 5.92 Å². The largest absolute Gasteiger partial charge is 0.455 e. The molecule has 1 aromatic heterocycles.